The molecule has 0 atom stereocenters. The van der Waals surface area contributed by atoms with Gasteiger partial charge < -0.3 is 10.2 Å². The van der Waals surface area contributed by atoms with E-state index in [0.29, 0.717) is 18.1 Å². The SMILES string of the molecule is CCCN(CCO)Cc1cc(Cl)ccc1O. The number of hydrogen-bond donors (Lipinski definition) is 2. The Kier molecular flexibility index (Phi) is 5.60. The summed E-state index contributed by atoms with van der Waals surface area (Å²) in [6.45, 7) is 4.33. The molecule has 0 heterocycles. The van der Waals surface area contributed by atoms with Crippen LogP contribution in [0.5, 0.6) is 5.75 Å². The fourth-order valence-electron chi connectivity index (χ4n) is 1.65. The minimum atomic E-state index is 0.126. The Hall–Kier alpha value is -0.770. The molecule has 4 heteroatoms. The lowest BCUT2D eigenvalue weighted by Gasteiger charge is -2.21. The van der Waals surface area contributed by atoms with Crippen molar-refractivity contribution in [2.75, 3.05) is 19.7 Å². The molecule has 0 amide bonds. The molecule has 0 spiro atoms. The van der Waals surface area contributed by atoms with Crippen LogP contribution < -0.4 is 0 Å². The molecule has 16 heavy (non-hydrogen) atoms. The maximum atomic E-state index is 9.67. The monoisotopic (exact) mass is 243 g/mol. The van der Waals surface area contributed by atoms with Gasteiger partial charge >= 0.3 is 0 Å². The van der Waals surface area contributed by atoms with Gasteiger partial charge in [0, 0.05) is 23.7 Å². The third-order valence-electron chi connectivity index (χ3n) is 2.39. The zero-order valence-corrected chi connectivity index (χ0v) is 10.2. The molecule has 90 valence electrons. The number of aromatic hydroxyl groups is 1. The lowest BCUT2D eigenvalue weighted by atomic mass is 10.2. The molecule has 0 radical (unpaired) electrons. The summed E-state index contributed by atoms with van der Waals surface area (Å²) < 4.78 is 0. The van der Waals surface area contributed by atoms with Gasteiger partial charge in [0.25, 0.3) is 0 Å². The normalized spacial score (nSPS) is 11.0. The van der Waals surface area contributed by atoms with Gasteiger partial charge in [-0.2, -0.15) is 0 Å². The maximum absolute atomic E-state index is 9.67. The maximum Gasteiger partial charge on any atom is 0.120 e. The summed E-state index contributed by atoms with van der Waals surface area (Å²) in [4.78, 5) is 2.09. The Morgan fingerprint density at radius 2 is 2.06 bits per heavy atom. The quantitative estimate of drug-likeness (QED) is 0.806. The van der Waals surface area contributed by atoms with Gasteiger partial charge in [0.15, 0.2) is 0 Å². The third kappa shape index (κ3) is 4.00. The molecule has 0 saturated heterocycles. The summed E-state index contributed by atoms with van der Waals surface area (Å²) in [5.74, 6) is 0.253. The van der Waals surface area contributed by atoms with Crippen molar-refractivity contribution in [3.63, 3.8) is 0 Å². The van der Waals surface area contributed by atoms with Crippen LogP contribution in [0.2, 0.25) is 5.02 Å². The van der Waals surface area contributed by atoms with E-state index in [-0.39, 0.29) is 12.4 Å². The van der Waals surface area contributed by atoms with Gasteiger partial charge in [-0.15, -0.1) is 0 Å². The van der Waals surface area contributed by atoms with Crippen molar-refractivity contribution in [1.29, 1.82) is 0 Å². The van der Waals surface area contributed by atoms with E-state index < -0.39 is 0 Å². The first kappa shape index (κ1) is 13.3. The molecule has 2 N–H and O–H groups in total. The highest BCUT2D eigenvalue weighted by atomic mass is 35.5. The molecule has 1 aromatic carbocycles. The van der Waals surface area contributed by atoms with Gasteiger partial charge in [-0.25, -0.2) is 0 Å². The molecule has 0 unspecified atom stereocenters. The molecule has 0 aromatic heterocycles. The van der Waals surface area contributed by atoms with E-state index in [1.807, 2.05) is 0 Å². The van der Waals surface area contributed by atoms with Gasteiger partial charge in [-0.3, -0.25) is 4.90 Å². The van der Waals surface area contributed by atoms with Crippen LogP contribution in [0.15, 0.2) is 18.2 Å². The largest absolute Gasteiger partial charge is 0.508 e. The summed E-state index contributed by atoms with van der Waals surface area (Å²) in [5.41, 5.74) is 0.800. The topological polar surface area (TPSA) is 43.7 Å². The molecule has 0 aliphatic rings. The fraction of sp³-hybridized carbons (Fsp3) is 0.500. The fourth-order valence-corrected chi connectivity index (χ4v) is 1.84. The molecule has 0 bridgehead atoms. The van der Waals surface area contributed by atoms with Crippen molar-refractivity contribution in [3.05, 3.63) is 28.8 Å². The minimum Gasteiger partial charge on any atom is -0.508 e. The van der Waals surface area contributed by atoms with Crippen LogP contribution in [0.25, 0.3) is 0 Å². The molecule has 3 nitrogen and oxygen atoms in total. The highest BCUT2D eigenvalue weighted by Gasteiger charge is 2.08. The Morgan fingerprint density at radius 1 is 1.31 bits per heavy atom. The molecular formula is C12H18ClNO2. The smallest absolute Gasteiger partial charge is 0.120 e. The number of nitrogens with zero attached hydrogens (tertiary/aromatic N) is 1. The highest BCUT2D eigenvalue weighted by molar-refractivity contribution is 6.30. The van der Waals surface area contributed by atoms with Crippen molar-refractivity contribution in [1.82, 2.24) is 4.90 Å². The molecule has 0 saturated carbocycles. The summed E-state index contributed by atoms with van der Waals surface area (Å²) in [7, 11) is 0. The van der Waals surface area contributed by atoms with E-state index in [2.05, 4.69) is 11.8 Å². The minimum absolute atomic E-state index is 0.126. The lowest BCUT2D eigenvalue weighted by Crippen LogP contribution is -2.27. The first-order valence-electron chi connectivity index (χ1n) is 5.48. The van der Waals surface area contributed by atoms with E-state index >= 15 is 0 Å². The molecule has 1 rings (SSSR count). The number of aliphatic hydroxyl groups excluding tert-OH is 1. The van der Waals surface area contributed by atoms with E-state index in [9.17, 15) is 5.11 Å². The van der Waals surface area contributed by atoms with Crippen LogP contribution in [0.4, 0.5) is 0 Å². The van der Waals surface area contributed by atoms with Gasteiger partial charge in [-0.1, -0.05) is 18.5 Å². The molecular weight excluding hydrogens is 226 g/mol. The van der Waals surface area contributed by atoms with Crippen LogP contribution in [-0.2, 0) is 6.54 Å². The highest BCUT2D eigenvalue weighted by Crippen LogP contribution is 2.22. The van der Waals surface area contributed by atoms with Crippen LogP contribution in [0.3, 0.4) is 0 Å². The Bertz CT molecular complexity index is 325. The van der Waals surface area contributed by atoms with Gasteiger partial charge in [-0.05, 0) is 31.2 Å². The summed E-state index contributed by atoms with van der Waals surface area (Å²) >= 11 is 5.88. The average Bonchev–Trinajstić information content (AvgIpc) is 2.24. The van der Waals surface area contributed by atoms with Gasteiger partial charge in [0.1, 0.15) is 5.75 Å². The molecule has 0 fully saturated rings. The first-order valence-corrected chi connectivity index (χ1v) is 5.85. The molecule has 0 aliphatic carbocycles. The van der Waals surface area contributed by atoms with Crippen molar-refractivity contribution < 1.29 is 10.2 Å². The van der Waals surface area contributed by atoms with Gasteiger partial charge in [0.2, 0.25) is 0 Å². The summed E-state index contributed by atoms with van der Waals surface area (Å²) in [6.07, 6.45) is 1.02. The van der Waals surface area contributed by atoms with Crippen molar-refractivity contribution >= 4 is 11.6 Å². The van der Waals surface area contributed by atoms with Crippen molar-refractivity contribution in [2.45, 2.75) is 19.9 Å². The zero-order chi connectivity index (χ0) is 12.0. The van der Waals surface area contributed by atoms with Crippen LogP contribution in [-0.4, -0.2) is 34.8 Å². The summed E-state index contributed by atoms with van der Waals surface area (Å²) in [6, 6.07) is 5.02. The Morgan fingerprint density at radius 3 is 2.69 bits per heavy atom. The Balaban J connectivity index is 2.71. The van der Waals surface area contributed by atoms with Crippen molar-refractivity contribution in [2.24, 2.45) is 0 Å². The van der Waals surface area contributed by atoms with Gasteiger partial charge in [0.05, 0.1) is 6.61 Å². The molecule has 1 aromatic rings. The number of aliphatic hydroxyl groups is 1. The predicted molar refractivity (Wildman–Crippen MR) is 65.8 cm³/mol. The molecule has 0 aliphatic heterocycles. The number of benzene rings is 1. The second-order valence-corrected chi connectivity index (χ2v) is 4.21. The van der Waals surface area contributed by atoms with E-state index in [1.54, 1.807) is 18.2 Å². The second-order valence-electron chi connectivity index (χ2n) is 3.77. The lowest BCUT2D eigenvalue weighted by molar-refractivity contribution is 0.189. The van der Waals surface area contributed by atoms with E-state index in [0.717, 1.165) is 18.5 Å². The second kappa shape index (κ2) is 6.74. The number of halogens is 1. The first-order chi connectivity index (χ1) is 7.67. The summed E-state index contributed by atoms with van der Waals surface area (Å²) in [5, 5.41) is 19.2. The number of phenolic OH excluding ortho intramolecular Hbond substituents is 1. The van der Waals surface area contributed by atoms with Crippen LogP contribution in [0, 0.1) is 0 Å². The zero-order valence-electron chi connectivity index (χ0n) is 9.49. The van der Waals surface area contributed by atoms with E-state index in [4.69, 9.17) is 16.7 Å². The van der Waals surface area contributed by atoms with E-state index in [1.165, 1.54) is 0 Å². The Labute approximate surface area is 101 Å². The number of hydrogen-bond acceptors (Lipinski definition) is 3. The number of rotatable bonds is 6. The standard InChI is InChI=1S/C12H18ClNO2/c1-2-5-14(6-7-15)9-10-8-11(13)3-4-12(10)16/h3-4,8,15-16H,2,5-7,9H2,1H3. The average molecular weight is 244 g/mol. The predicted octanol–water partition coefficient (Wildman–Crippen LogP) is 2.25. The van der Waals surface area contributed by atoms with Crippen LogP contribution in [0.1, 0.15) is 18.9 Å². The van der Waals surface area contributed by atoms with Crippen molar-refractivity contribution in [3.8, 4) is 5.75 Å². The third-order valence-corrected chi connectivity index (χ3v) is 2.63. The van der Waals surface area contributed by atoms with Crippen LogP contribution >= 0.6 is 11.6 Å². The number of phenols is 1.